The van der Waals surface area contributed by atoms with Crippen LogP contribution in [0.2, 0.25) is 5.02 Å². The number of carboxylic acid groups (broad SMARTS) is 1. The molecule has 21 heavy (non-hydrogen) atoms. The van der Waals surface area contributed by atoms with E-state index in [-0.39, 0.29) is 11.3 Å². The SMILES string of the molecule is O=C(O)C=Cc1cc(F)c(Oc2cccc(Cl)c2)c(F)c1. The van der Waals surface area contributed by atoms with Crippen LogP contribution in [-0.4, -0.2) is 11.1 Å². The van der Waals surface area contributed by atoms with Crippen molar-refractivity contribution in [2.24, 2.45) is 0 Å². The lowest BCUT2D eigenvalue weighted by molar-refractivity contribution is -0.131. The number of halogens is 3. The number of ether oxygens (including phenoxy) is 1. The standard InChI is InChI=1S/C15H9ClF2O3/c16-10-2-1-3-11(8-10)21-15-12(17)6-9(7-13(15)18)4-5-14(19)20/h1-8H,(H,19,20). The molecule has 0 aliphatic carbocycles. The predicted molar refractivity (Wildman–Crippen MR) is 74.6 cm³/mol. The fourth-order valence-electron chi connectivity index (χ4n) is 1.59. The van der Waals surface area contributed by atoms with Crippen molar-refractivity contribution in [3.05, 3.63) is 64.7 Å². The van der Waals surface area contributed by atoms with Crippen LogP contribution in [0.4, 0.5) is 8.78 Å². The second-order valence-corrected chi connectivity index (χ2v) is 4.48. The predicted octanol–water partition coefficient (Wildman–Crippen LogP) is 4.51. The quantitative estimate of drug-likeness (QED) is 0.845. The minimum atomic E-state index is -1.21. The smallest absolute Gasteiger partial charge is 0.328 e. The van der Waals surface area contributed by atoms with E-state index in [0.717, 1.165) is 24.3 Å². The van der Waals surface area contributed by atoms with Crippen molar-refractivity contribution in [2.45, 2.75) is 0 Å². The van der Waals surface area contributed by atoms with Crippen LogP contribution in [0.1, 0.15) is 5.56 Å². The van der Waals surface area contributed by atoms with Gasteiger partial charge in [0.15, 0.2) is 17.4 Å². The summed E-state index contributed by atoms with van der Waals surface area (Å²) in [6.07, 6.45) is 1.86. The second kappa shape index (κ2) is 6.37. The Morgan fingerprint density at radius 2 is 1.86 bits per heavy atom. The van der Waals surface area contributed by atoms with Crippen molar-refractivity contribution in [1.82, 2.24) is 0 Å². The zero-order valence-electron chi connectivity index (χ0n) is 10.5. The van der Waals surface area contributed by atoms with Crippen LogP contribution in [-0.2, 0) is 4.79 Å². The van der Waals surface area contributed by atoms with Crippen LogP contribution in [0, 0.1) is 11.6 Å². The molecule has 0 saturated heterocycles. The molecule has 6 heteroatoms. The Hall–Kier alpha value is -2.40. The molecule has 0 aliphatic heterocycles. The van der Waals surface area contributed by atoms with Gasteiger partial charge in [-0.2, -0.15) is 0 Å². The molecule has 0 saturated carbocycles. The molecule has 0 amide bonds. The Balaban J connectivity index is 2.31. The number of carbonyl (C=O) groups is 1. The molecule has 1 N–H and O–H groups in total. The van der Waals surface area contributed by atoms with E-state index in [0.29, 0.717) is 5.02 Å². The van der Waals surface area contributed by atoms with E-state index in [1.54, 1.807) is 12.1 Å². The number of benzene rings is 2. The van der Waals surface area contributed by atoms with Gasteiger partial charge in [0.1, 0.15) is 5.75 Å². The van der Waals surface area contributed by atoms with Crippen molar-refractivity contribution in [3.8, 4) is 11.5 Å². The van der Waals surface area contributed by atoms with Crippen molar-refractivity contribution < 1.29 is 23.4 Å². The zero-order valence-corrected chi connectivity index (χ0v) is 11.3. The largest absolute Gasteiger partial charge is 0.478 e. The first-order valence-electron chi connectivity index (χ1n) is 5.79. The normalized spacial score (nSPS) is 10.8. The summed E-state index contributed by atoms with van der Waals surface area (Å²) < 4.78 is 32.8. The molecule has 2 aromatic carbocycles. The Bertz CT molecular complexity index is 691. The van der Waals surface area contributed by atoms with E-state index in [2.05, 4.69) is 0 Å². The lowest BCUT2D eigenvalue weighted by Crippen LogP contribution is -1.94. The second-order valence-electron chi connectivity index (χ2n) is 4.04. The molecule has 0 aliphatic rings. The van der Waals surface area contributed by atoms with E-state index >= 15 is 0 Å². The summed E-state index contributed by atoms with van der Waals surface area (Å²) >= 11 is 5.75. The maximum atomic E-state index is 13.8. The first-order chi connectivity index (χ1) is 9.95. The van der Waals surface area contributed by atoms with Gasteiger partial charge in [0, 0.05) is 11.1 Å². The molecular formula is C15H9ClF2O3. The molecule has 2 aromatic rings. The average Bonchev–Trinajstić information content (AvgIpc) is 2.40. The number of carboxylic acids is 1. The fraction of sp³-hybridized carbons (Fsp3) is 0. The lowest BCUT2D eigenvalue weighted by Gasteiger charge is -2.09. The molecule has 2 rings (SSSR count). The van der Waals surface area contributed by atoms with E-state index < -0.39 is 23.4 Å². The summed E-state index contributed by atoms with van der Waals surface area (Å²) in [6, 6.07) is 8.05. The molecule has 0 bridgehead atoms. The van der Waals surface area contributed by atoms with Crippen molar-refractivity contribution >= 4 is 23.6 Å². The van der Waals surface area contributed by atoms with Gasteiger partial charge in [0.25, 0.3) is 0 Å². The van der Waals surface area contributed by atoms with Crippen LogP contribution in [0.25, 0.3) is 6.08 Å². The monoisotopic (exact) mass is 310 g/mol. The topological polar surface area (TPSA) is 46.5 Å². The van der Waals surface area contributed by atoms with E-state index in [1.165, 1.54) is 12.1 Å². The van der Waals surface area contributed by atoms with Gasteiger partial charge in [-0.05, 0) is 42.0 Å². The van der Waals surface area contributed by atoms with Gasteiger partial charge in [-0.25, -0.2) is 13.6 Å². The summed E-state index contributed by atoms with van der Waals surface area (Å²) in [7, 11) is 0. The number of rotatable bonds is 4. The molecule has 0 atom stereocenters. The third kappa shape index (κ3) is 4.03. The third-order valence-corrected chi connectivity index (χ3v) is 2.69. The average molecular weight is 311 g/mol. The summed E-state index contributed by atoms with van der Waals surface area (Å²) in [5, 5.41) is 8.85. The lowest BCUT2D eigenvalue weighted by atomic mass is 10.2. The van der Waals surface area contributed by atoms with Gasteiger partial charge < -0.3 is 9.84 Å². The highest BCUT2D eigenvalue weighted by Crippen LogP contribution is 2.30. The molecule has 0 fully saturated rings. The van der Waals surface area contributed by atoms with Gasteiger partial charge in [0.2, 0.25) is 0 Å². The Labute approximate surface area is 124 Å². The highest BCUT2D eigenvalue weighted by Gasteiger charge is 2.13. The molecule has 108 valence electrons. The molecule has 0 aromatic heterocycles. The highest BCUT2D eigenvalue weighted by atomic mass is 35.5. The van der Waals surface area contributed by atoms with Gasteiger partial charge in [0.05, 0.1) is 0 Å². The Morgan fingerprint density at radius 1 is 1.19 bits per heavy atom. The van der Waals surface area contributed by atoms with E-state index in [9.17, 15) is 13.6 Å². The van der Waals surface area contributed by atoms with Crippen LogP contribution < -0.4 is 4.74 Å². The first-order valence-corrected chi connectivity index (χ1v) is 6.17. The van der Waals surface area contributed by atoms with Crippen molar-refractivity contribution in [1.29, 1.82) is 0 Å². The number of hydrogen-bond donors (Lipinski definition) is 1. The molecular weight excluding hydrogens is 302 g/mol. The summed E-state index contributed by atoms with van der Waals surface area (Å²) in [6.45, 7) is 0. The molecule has 0 unspecified atom stereocenters. The molecule has 3 nitrogen and oxygen atoms in total. The van der Waals surface area contributed by atoms with Gasteiger partial charge in [-0.1, -0.05) is 17.7 Å². The van der Waals surface area contributed by atoms with Gasteiger partial charge >= 0.3 is 5.97 Å². The summed E-state index contributed by atoms with van der Waals surface area (Å²) in [5.74, 6) is -3.49. The Morgan fingerprint density at radius 3 is 2.43 bits per heavy atom. The third-order valence-electron chi connectivity index (χ3n) is 2.45. The van der Waals surface area contributed by atoms with Crippen molar-refractivity contribution in [2.75, 3.05) is 0 Å². The summed E-state index contributed by atoms with van der Waals surface area (Å²) in [4.78, 5) is 10.4. The molecule has 0 heterocycles. The maximum absolute atomic E-state index is 13.8. The van der Waals surface area contributed by atoms with Gasteiger partial charge in [-0.15, -0.1) is 0 Å². The number of hydrogen-bond acceptors (Lipinski definition) is 2. The highest BCUT2D eigenvalue weighted by molar-refractivity contribution is 6.30. The van der Waals surface area contributed by atoms with Crippen molar-refractivity contribution in [3.63, 3.8) is 0 Å². The molecule has 0 radical (unpaired) electrons. The van der Waals surface area contributed by atoms with Crippen LogP contribution in [0.3, 0.4) is 0 Å². The van der Waals surface area contributed by atoms with E-state index in [1.807, 2.05) is 0 Å². The number of aliphatic carboxylic acids is 1. The first kappa shape index (κ1) is 15.0. The zero-order chi connectivity index (χ0) is 15.4. The fourth-order valence-corrected chi connectivity index (χ4v) is 1.77. The maximum Gasteiger partial charge on any atom is 0.328 e. The van der Waals surface area contributed by atoms with E-state index in [4.69, 9.17) is 21.4 Å². The van der Waals surface area contributed by atoms with Crippen LogP contribution in [0.5, 0.6) is 11.5 Å². The van der Waals surface area contributed by atoms with Crippen LogP contribution >= 0.6 is 11.6 Å². The minimum Gasteiger partial charge on any atom is -0.478 e. The van der Waals surface area contributed by atoms with Gasteiger partial charge in [-0.3, -0.25) is 0 Å². The Kier molecular flexibility index (Phi) is 4.55. The molecule has 0 spiro atoms. The minimum absolute atomic E-state index is 0.0749. The summed E-state index contributed by atoms with van der Waals surface area (Å²) in [5.41, 5.74) is 0.0749. The van der Waals surface area contributed by atoms with Crippen LogP contribution in [0.15, 0.2) is 42.5 Å².